The van der Waals surface area contributed by atoms with Gasteiger partial charge in [0.2, 0.25) is 0 Å². The van der Waals surface area contributed by atoms with Crippen molar-refractivity contribution in [2.24, 2.45) is 0 Å². The Kier molecular flexibility index (Phi) is 5.90. The first-order chi connectivity index (χ1) is 10.1. The summed E-state index contributed by atoms with van der Waals surface area (Å²) < 4.78 is 11.5. The molecule has 3 nitrogen and oxygen atoms in total. The molecule has 0 fully saturated rings. The highest BCUT2D eigenvalue weighted by atomic mass is 16.5. The number of rotatable bonds is 7. The molecule has 3 heteroatoms. The predicted molar refractivity (Wildman–Crippen MR) is 83.8 cm³/mol. The summed E-state index contributed by atoms with van der Waals surface area (Å²) in [6.07, 6.45) is 2.06. The normalized spacial score (nSPS) is 12.6. The van der Waals surface area contributed by atoms with Gasteiger partial charge in [-0.15, -0.1) is 0 Å². The van der Waals surface area contributed by atoms with Crippen molar-refractivity contribution in [3.8, 4) is 0 Å². The Hall–Kier alpha value is -1.71. The van der Waals surface area contributed by atoms with Gasteiger partial charge in [-0.1, -0.05) is 30.3 Å². The quantitative estimate of drug-likeness (QED) is 0.760. The Morgan fingerprint density at radius 3 is 2.43 bits per heavy atom. The van der Waals surface area contributed by atoms with Gasteiger partial charge >= 0.3 is 0 Å². The summed E-state index contributed by atoms with van der Waals surface area (Å²) in [5, 5.41) is 0. The van der Waals surface area contributed by atoms with Gasteiger partial charge in [0.15, 0.2) is 0 Å². The van der Waals surface area contributed by atoms with E-state index < -0.39 is 0 Å². The Labute approximate surface area is 126 Å². The lowest BCUT2D eigenvalue weighted by atomic mass is 10.1. The highest BCUT2D eigenvalue weighted by Crippen LogP contribution is 2.19. The number of pyridine rings is 1. The van der Waals surface area contributed by atoms with Gasteiger partial charge in [-0.05, 0) is 44.0 Å². The van der Waals surface area contributed by atoms with Gasteiger partial charge in [-0.2, -0.15) is 0 Å². The molecule has 1 heterocycles. The van der Waals surface area contributed by atoms with Gasteiger partial charge in [0.05, 0.1) is 31.1 Å². The molecule has 2 rings (SSSR count). The zero-order valence-electron chi connectivity index (χ0n) is 13.0. The van der Waals surface area contributed by atoms with E-state index in [0.29, 0.717) is 13.2 Å². The van der Waals surface area contributed by atoms with E-state index in [1.807, 2.05) is 44.3 Å². The average molecular weight is 285 g/mol. The molecule has 2 aromatic rings. The van der Waals surface area contributed by atoms with Crippen LogP contribution in [0.1, 0.15) is 43.7 Å². The van der Waals surface area contributed by atoms with Crippen LogP contribution in [0.5, 0.6) is 0 Å². The van der Waals surface area contributed by atoms with Crippen LogP contribution in [0.25, 0.3) is 0 Å². The van der Waals surface area contributed by atoms with Gasteiger partial charge in [-0.3, -0.25) is 4.98 Å². The molecular weight excluding hydrogens is 262 g/mol. The fourth-order valence-corrected chi connectivity index (χ4v) is 1.97. The third kappa shape index (κ3) is 5.29. The van der Waals surface area contributed by atoms with Crippen molar-refractivity contribution in [2.45, 2.75) is 46.2 Å². The number of hydrogen-bond acceptors (Lipinski definition) is 3. The predicted octanol–water partition coefficient (Wildman–Crippen LogP) is 4.28. The van der Waals surface area contributed by atoms with Crippen LogP contribution < -0.4 is 0 Å². The molecule has 0 amide bonds. The minimum Gasteiger partial charge on any atom is -0.373 e. The average Bonchev–Trinajstić information content (AvgIpc) is 2.52. The summed E-state index contributed by atoms with van der Waals surface area (Å²) in [5.41, 5.74) is 3.25. The lowest BCUT2D eigenvalue weighted by molar-refractivity contribution is 0.0512. The smallest absolute Gasteiger partial charge is 0.0891 e. The molecule has 1 atom stereocenters. The fourth-order valence-electron chi connectivity index (χ4n) is 1.97. The molecule has 112 valence electrons. The third-order valence-electron chi connectivity index (χ3n) is 3.22. The van der Waals surface area contributed by atoms with E-state index in [0.717, 1.165) is 11.3 Å². The van der Waals surface area contributed by atoms with Crippen LogP contribution in [0.2, 0.25) is 0 Å². The van der Waals surface area contributed by atoms with Gasteiger partial charge in [0.25, 0.3) is 0 Å². The Balaban J connectivity index is 1.92. The lowest BCUT2D eigenvalue weighted by Crippen LogP contribution is -2.06. The molecular formula is C18H23NO2. The summed E-state index contributed by atoms with van der Waals surface area (Å²) in [6, 6.07) is 14.3. The molecule has 1 aromatic heterocycles. The van der Waals surface area contributed by atoms with Crippen molar-refractivity contribution in [3.05, 3.63) is 65.5 Å². The van der Waals surface area contributed by atoms with Gasteiger partial charge in [-0.25, -0.2) is 0 Å². The SMILES string of the molecule is CC(C)OCc1cc(C(C)OCc2ccccc2)ccn1. The van der Waals surface area contributed by atoms with Crippen molar-refractivity contribution in [1.29, 1.82) is 0 Å². The summed E-state index contributed by atoms with van der Waals surface area (Å²) in [6.45, 7) is 7.26. The zero-order chi connectivity index (χ0) is 15.1. The minimum atomic E-state index is 0.0333. The van der Waals surface area contributed by atoms with E-state index in [1.54, 1.807) is 0 Å². The third-order valence-corrected chi connectivity index (χ3v) is 3.22. The molecule has 21 heavy (non-hydrogen) atoms. The summed E-state index contributed by atoms with van der Waals surface area (Å²) >= 11 is 0. The van der Waals surface area contributed by atoms with Crippen LogP contribution in [-0.4, -0.2) is 11.1 Å². The summed E-state index contributed by atoms with van der Waals surface area (Å²) in [5.74, 6) is 0. The van der Waals surface area contributed by atoms with Gasteiger partial charge in [0.1, 0.15) is 0 Å². The summed E-state index contributed by atoms with van der Waals surface area (Å²) in [4.78, 5) is 4.33. The van der Waals surface area contributed by atoms with Crippen molar-refractivity contribution < 1.29 is 9.47 Å². The number of aromatic nitrogens is 1. The molecule has 0 aliphatic carbocycles. The second-order valence-corrected chi connectivity index (χ2v) is 5.38. The largest absolute Gasteiger partial charge is 0.373 e. The minimum absolute atomic E-state index is 0.0333. The molecule has 1 unspecified atom stereocenters. The molecule has 0 radical (unpaired) electrons. The highest BCUT2D eigenvalue weighted by molar-refractivity contribution is 5.19. The Morgan fingerprint density at radius 1 is 0.952 bits per heavy atom. The number of ether oxygens (including phenoxy) is 2. The molecule has 1 aromatic carbocycles. The lowest BCUT2D eigenvalue weighted by Gasteiger charge is -2.15. The van der Waals surface area contributed by atoms with Crippen LogP contribution >= 0.6 is 0 Å². The molecule has 0 N–H and O–H groups in total. The van der Waals surface area contributed by atoms with Crippen molar-refractivity contribution >= 4 is 0 Å². The first-order valence-corrected chi connectivity index (χ1v) is 7.37. The second kappa shape index (κ2) is 7.91. The van der Waals surface area contributed by atoms with Gasteiger partial charge < -0.3 is 9.47 Å². The van der Waals surface area contributed by atoms with Crippen molar-refractivity contribution in [2.75, 3.05) is 0 Å². The van der Waals surface area contributed by atoms with Crippen LogP contribution in [0.3, 0.4) is 0 Å². The van der Waals surface area contributed by atoms with E-state index in [2.05, 4.69) is 30.1 Å². The van der Waals surface area contributed by atoms with Gasteiger partial charge in [0, 0.05) is 6.20 Å². The van der Waals surface area contributed by atoms with E-state index in [-0.39, 0.29) is 12.2 Å². The molecule has 0 spiro atoms. The standard InChI is InChI=1S/C18H23NO2/c1-14(2)20-13-18-11-17(9-10-19-18)15(3)21-12-16-7-5-4-6-8-16/h4-11,14-15H,12-13H2,1-3H3. The maximum absolute atomic E-state index is 5.93. The maximum Gasteiger partial charge on any atom is 0.0891 e. The first kappa shape index (κ1) is 15.7. The molecule has 0 saturated heterocycles. The van der Waals surface area contributed by atoms with E-state index in [9.17, 15) is 0 Å². The topological polar surface area (TPSA) is 31.4 Å². The van der Waals surface area contributed by atoms with E-state index in [4.69, 9.17) is 9.47 Å². The zero-order valence-corrected chi connectivity index (χ0v) is 13.0. The molecule has 0 aliphatic heterocycles. The fraction of sp³-hybridized carbons (Fsp3) is 0.389. The number of hydrogen-bond donors (Lipinski definition) is 0. The Bertz CT molecular complexity index is 540. The first-order valence-electron chi connectivity index (χ1n) is 7.37. The number of benzene rings is 1. The van der Waals surface area contributed by atoms with Crippen molar-refractivity contribution in [3.63, 3.8) is 0 Å². The molecule has 0 aliphatic rings. The molecule has 0 saturated carbocycles. The molecule has 0 bridgehead atoms. The number of nitrogens with zero attached hydrogens (tertiary/aromatic N) is 1. The van der Waals surface area contributed by atoms with E-state index >= 15 is 0 Å². The van der Waals surface area contributed by atoms with Crippen LogP contribution in [0.15, 0.2) is 48.7 Å². The summed E-state index contributed by atoms with van der Waals surface area (Å²) in [7, 11) is 0. The second-order valence-electron chi connectivity index (χ2n) is 5.38. The van der Waals surface area contributed by atoms with Crippen LogP contribution in [-0.2, 0) is 22.7 Å². The van der Waals surface area contributed by atoms with Crippen molar-refractivity contribution in [1.82, 2.24) is 4.98 Å². The van der Waals surface area contributed by atoms with Crippen LogP contribution in [0, 0.1) is 0 Å². The highest BCUT2D eigenvalue weighted by Gasteiger charge is 2.08. The Morgan fingerprint density at radius 2 is 1.71 bits per heavy atom. The van der Waals surface area contributed by atoms with E-state index in [1.165, 1.54) is 5.56 Å². The maximum atomic E-state index is 5.93. The van der Waals surface area contributed by atoms with Crippen LogP contribution in [0.4, 0.5) is 0 Å². The monoisotopic (exact) mass is 285 g/mol.